The number of benzene rings is 1. The van der Waals surface area contributed by atoms with Crippen molar-refractivity contribution in [1.82, 2.24) is 5.32 Å². The van der Waals surface area contributed by atoms with Crippen LogP contribution in [0.5, 0.6) is 0 Å². The van der Waals surface area contributed by atoms with Gasteiger partial charge in [0.25, 0.3) is 5.91 Å². The predicted octanol–water partition coefficient (Wildman–Crippen LogP) is 1.06. The number of sulfone groups is 1. The maximum Gasteiger partial charge on any atom is 0.251 e. The summed E-state index contributed by atoms with van der Waals surface area (Å²) in [5.74, 6) is 0.00490. The van der Waals surface area contributed by atoms with Gasteiger partial charge >= 0.3 is 0 Å². The molecule has 6 heteroatoms. The molecule has 1 rings (SSSR count). The van der Waals surface area contributed by atoms with Crippen LogP contribution < -0.4 is 11.1 Å². The van der Waals surface area contributed by atoms with Gasteiger partial charge in [-0.3, -0.25) is 4.79 Å². The summed E-state index contributed by atoms with van der Waals surface area (Å²) in [6, 6.07) is 4.14. The minimum Gasteiger partial charge on any atom is -0.399 e. The summed E-state index contributed by atoms with van der Waals surface area (Å²) >= 11 is 0. The monoisotopic (exact) mass is 270 g/mol. The number of carbonyl (C=O) groups is 1. The zero-order valence-electron chi connectivity index (χ0n) is 10.7. The van der Waals surface area contributed by atoms with E-state index in [0.717, 1.165) is 6.26 Å². The minimum atomic E-state index is -3.37. The Morgan fingerprint density at radius 3 is 2.44 bits per heavy atom. The normalized spacial score (nSPS) is 11.6. The van der Waals surface area contributed by atoms with E-state index >= 15 is 0 Å². The number of hydrogen-bond acceptors (Lipinski definition) is 4. The van der Waals surface area contributed by atoms with E-state index in [9.17, 15) is 13.2 Å². The second kappa shape index (κ2) is 5.39. The lowest BCUT2D eigenvalue weighted by atomic mass is 10.1. The first-order chi connectivity index (χ1) is 8.20. The Bertz CT molecular complexity index is 550. The third-order valence-electron chi connectivity index (χ3n) is 2.29. The summed E-state index contributed by atoms with van der Waals surface area (Å²) < 4.78 is 22.9. The third-order valence-corrected chi connectivity index (χ3v) is 3.38. The molecule has 0 saturated heterocycles. The molecule has 0 fully saturated rings. The Morgan fingerprint density at radius 1 is 1.33 bits per heavy atom. The molecule has 0 atom stereocenters. The van der Waals surface area contributed by atoms with Gasteiger partial charge in [-0.15, -0.1) is 0 Å². The molecule has 0 saturated carbocycles. The van der Waals surface area contributed by atoms with Gasteiger partial charge in [0.05, 0.1) is 4.90 Å². The van der Waals surface area contributed by atoms with Crippen molar-refractivity contribution in [2.45, 2.75) is 18.7 Å². The SMILES string of the molecule is CC(C)CNC(=O)c1cc(N)cc(S(C)(=O)=O)c1. The molecule has 3 N–H and O–H groups in total. The summed E-state index contributed by atoms with van der Waals surface area (Å²) in [5, 5.41) is 2.71. The molecule has 5 nitrogen and oxygen atoms in total. The molecule has 1 amide bonds. The lowest BCUT2D eigenvalue weighted by Crippen LogP contribution is -2.27. The molecule has 1 aromatic carbocycles. The first-order valence-electron chi connectivity index (χ1n) is 5.59. The highest BCUT2D eigenvalue weighted by Gasteiger charge is 2.13. The highest BCUT2D eigenvalue weighted by Crippen LogP contribution is 2.16. The molecule has 100 valence electrons. The average molecular weight is 270 g/mol. The summed E-state index contributed by atoms with van der Waals surface area (Å²) in [7, 11) is -3.37. The van der Waals surface area contributed by atoms with Crippen LogP contribution in [-0.2, 0) is 9.84 Å². The number of nitrogens with one attached hydrogen (secondary N) is 1. The van der Waals surface area contributed by atoms with E-state index < -0.39 is 9.84 Å². The molecule has 0 aromatic heterocycles. The maximum absolute atomic E-state index is 11.8. The van der Waals surface area contributed by atoms with Gasteiger partial charge in [0.15, 0.2) is 9.84 Å². The molecular weight excluding hydrogens is 252 g/mol. The molecule has 0 aliphatic rings. The lowest BCUT2D eigenvalue weighted by Gasteiger charge is -2.09. The van der Waals surface area contributed by atoms with Gasteiger partial charge in [-0.25, -0.2) is 8.42 Å². The van der Waals surface area contributed by atoms with Crippen LogP contribution in [0.2, 0.25) is 0 Å². The van der Waals surface area contributed by atoms with Crippen LogP contribution in [0.15, 0.2) is 23.1 Å². The van der Waals surface area contributed by atoms with Crippen molar-refractivity contribution >= 4 is 21.4 Å². The van der Waals surface area contributed by atoms with Gasteiger partial charge in [-0.1, -0.05) is 13.8 Å². The topological polar surface area (TPSA) is 89.3 Å². The molecule has 18 heavy (non-hydrogen) atoms. The summed E-state index contributed by atoms with van der Waals surface area (Å²) in [4.78, 5) is 11.9. The van der Waals surface area contributed by atoms with Gasteiger partial charge in [0.2, 0.25) is 0 Å². The molecule has 0 aliphatic heterocycles. The first kappa shape index (κ1) is 14.5. The Hall–Kier alpha value is -1.56. The minimum absolute atomic E-state index is 0.0530. The second-order valence-corrected chi connectivity index (χ2v) is 6.68. The lowest BCUT2D eigenvalue weighted by molar-refractivity contribution is 0.0949. The van der Waals surface area contributed by atoms with Crippen molar-refractivity contribution in [3.63, 3.8) is 0 Å². The van der Waals surface area contributed by atoms with Gasteiger partial charge in [-0.05, 0) is 24.1 Å². The first-order valence-corrected chi connectivity index (χ1v) is 7.48. The van der Waals surface area contributed by atoms with Gasteiger partial charge in [-0.2, -0.15) is 0 Å². The number of carbonyl (C=O) groups excluding carboxylic acids is 1. The van der Waals surface area contributed by atoms with Gasteiger partial charge in [0, 0.05) is 24.1 Å². The molecule has 0 unspecified atom stereocenters. The van der Waals surface area contributed by atoms with Crippen LogP contribution in [0.3, 0.4) is 0 Å². The van der Waals surface area contributed by atoms with Crippen molar-refractivity contribution in [2.75, 3.05) is 18.5 Å². The zero-order chi connectivity index (χ0) is 13.9. The van der Waals surface area contributed by atoms with E-state index in [-0.39, 0.29) is 22.1 Å². The van der Waals surface area contributed by atoms with E-state index in [1.807, 2.05) is 13.8 Å². The van der Waals surface area contributed by atoms with Crippen LogP contribution in [0.1, 0.15) is 24.2 Å². The zero-order valence-corrected chi connectivity index (χ0v) is 11.5. The highest BCUT2D eigenvalue weighted by molar-refractivity contribution is 7.90. The fraction of sp³-hybridized carbons (Fsp3) is 0.417. The number of anilines is 1. The van der Waals surface area contributed by atoms with Gasteiger partial charge in [0.1, 0.15) is 0 Å². The Kier molecular flexibility index (Phi) is 4.34. The van der Waals surface area contributed by atoms with Crippen molar-refractivity contribution < 1.29 is 13.2 Å². The summed E-state index contributed by atoms with van der Waals surface area (Å²) in [5.41, 5.74) is 6.12. The van der Waals surface area contributed by atoms with Crippen molar-refractivity contribution in [2.24, 2.45) is 5.92 Å². The predicted molar refractivity (Wildman–Crippen MR) is 71.1 cm³/mol. The smallest absolute Gasteiger partial charge is 0.251 e. The fourth-order valence-electron chi connectivity index (χ4n) is 1.37. The molecule has 0 radical (unpaired) electrons. The van der Waals surface area contributed by atoms with Crippen LogP contribution in [0, 0.1) is 5.92 Å². The van der Waals surface area contributed by atoms with E-state index in [2.05, 4.69) is 5.32 Å². The fourth-order valence-corrected chi connectivity index (χ4v) is 2.06. The largest absolute Gasteiger partial charge is 0.399 e. The number of hydrogen-bond donors (Lipinski definition) is 2. The number of amides is 1. The molecule has 0 aliphatic carbocycles. The summed E-state index contributed by atoms with van der Waals surface area (Å²) in [6.45, 7) is 4.48. The van der Waals surface area contributed by atoms with Crippen molar-refractivity contribution in [1.29, 1.82) is 0 Å². The van der Waals surface area contributed by atoms with Crippen LogP contribution in [0.25, 0.3) is 0 Å². The molecule has 1 aromatic rings. The Morgan fingerprint density at radius 2 is 1.94 bits per heavy atom. The molecule has 0 spiro atoms. The van der Waals surface area contributed by atoms with Gasteiger partial charge < -0.3 is 11.1 Å². The van der Waals surface area contributed by atoms with Crippen LogP contribution >= 0.6 is 0 Å². The number of rotatable bonds is 4. The molecular formula is C12H18N2O3S. The summed E-state index contributed by atoms with van der Waals surface area (Å²) in [6.07, 6.45) is 1.08. The quantitative estimate of drug-likeness (QED) is 0.800. The second-order valence-electron chi connectivity index (χ2n) is 4.67. The number of nitrogen functional groups attached to an aromatic ring is 1. The molecule has 0 bridgehead atoms. The Labute approximate surface area is 107 Å². The maximum atomic E-state index is 11.8. The van der Waals surface area contributed by atoms with Crippen molar-refractivity contribution in [3.8, 4) is 0 Å². The molecule has 0 heterocycles. The number of nitrogens with two attached hydrogens (primary N) is 1. The van der Waals surface area contributed by atoms with Crippen LogP contribution in [-0.4, -0.2) is 27.1 Å². The van der Waals surface area contributed by atoms with E-state index in [0.29, 0.717) is 12.5 Å². The van der Waals surface area contributed by atoms with Crippen molar-refractivity contribution in [3.05, 3.63) is 23.8 Å². The van der Waals surface area contributed by atoms with E-state index in [1.165, 1.54) is 18.2 Å². The Balaban J connectivity index is 3.03. The third kappa shape index (κ3) is 4.03. The highest BCUT2D eigenvalue weighted by atomic mass is 32.2. The van der Waals surface area contributed by atoms with E-state index in [1.54, 1.807) is 0 Å². The van der Waals surface area contributed by atoms with Crippen LogP contribution in [0.4, 0.5) is 5.69 Å². The standard InChI is InChI=1S/C12H18N2O3S/c1-8(2)7-14-12(15)9-4-10(13)6-11(5-9)18(3,16)17/h4-6,8H,7,13H2,1-3H3,(H,14,15). The van der Waals surface area contributed by atoms with E-state index in [4.69, 9.17) is 5.73 Å². The average Bonchev–Trinajstić information content (AvgIpc) is 2.23.